The maximum absolute atomic E-state index is 5.69. The third-order valence-corrected chi connectivity index (χ3v) is 2.44. The highest BCUT2D eigenvalue weighted by Gasteiger charge is 2.13. The molecule has 5 nitrogen and oxygen atoms in total. The van der Waals surface area contributed by atoms with E-state index in [2.05, 4.69) is 36.2 Å². The number of ether oxygens (including phenoxy) is 1. The molecule has 0 spiro atoms. The Morgan fingerprint density at radius 2 is 1.88 bits per heavy atom. The first-order valence-electron chi connectivity index (χ1n) is 5.78. The number of nitrogens with one attached hydrogen (secondary N) is 1. The summed E-state index contributed by atoms with van der Waals surface area (Å²) in [6.45, 7) is 10.9. The summed E-state index contributed by atoms with van der Waals surface area (Å²) in [5.41, 5.74) is 3.65. The van der Waals surface area contributed by atoms with Crippen molar-refractivity contribution >= 4 is 5.82 Å². The van der Waals surface area contributed by atoms with Crippen LogP contribution in [0.25, 0.3) is 0 Å². The summed E-state index contributed by atoms with van der Waals surface area (Å²) < 4.78 is 5.69. The number of nitrogens with zero attached hydrogens (tertiary/aromatic N) is 2. The summed E-state index contributed by atoms with van der Waals surface area (Å²) in [6.07, 6.45) is 0.973. The topological polar surface area (TPSA) is 73.1 Å². The van der Waals surface area contributed by atoms with Crippen molar-refractivity contribution in [2.45, 2.75) is 41.0 Å². The molecule has 0 aliphatic carbocycles. The number of hydrogen-bond acceptors (Lipinski definition) is 5. The van der Waals surface area contributed by atoms with Gasteiger partial charge < -0.3 is 10.2 Å². The normalized spacial score (nSPS) is 11.4. The molecule has 17 heavy (non-hydrogen) atoms. The van der Waals surface area contributed by atoms with Gasteiger partial charge in [0, 0.05) is 0 Å². The van der Waals surface area contributed by atoms with Crippen molar-refractivity contribution in [2.24, 2.45) is 11.3 Å². The van der Waals surface area contributed by atoms with E-state index in [4.69, 9.17) is 10.6 Å². The molecule has 0 aliphatic heterocycles. The predicted molar refractivity (Wildman–Crippen MR) is 68.9 cm³/mol. The van der Waals surface area contributed by atoms with Gasteiger partial charge in [-0.1, -0.05) is 20.8 Å². The zero-order valence-electron chi connectivity index (χ0n) is 11.3. The van der Waals surface area contributed by atoms with Gasteiger partial charge in [-0.3, -0.25) is 0 Å². The number of aryl methyl sites for hydroxylation is 1. The van der Waals surface area contributed by atoms with Crippen LogP contribution in [-0.2, 0) is 0 Å². The third-order valence-electron chi connectivity index (χ3n) is 2.44. The van der Waals surface area contributed by atoms with Crippen molar-refractivity contribution in [1.82, 2.24) is 9.97 Å². The monoisotopic (exact) mass is 238 g/mol. The van der Waals surface area contributed by atoms with Gasteiger partial charge in [-0.2, -0.15) is 4.98 Å². The minimum atomic E-state index is 0.255. The van der Waals surface area contributed by atoms with Crippen molar-refractivity contribution in [3.63, 3.8) is 0 Å². The van der Waals surface area contributed by atoms with E-state index < -0.39 is 0 Å². The van der Waals surface area contributed by atoms with Gasteiger partial charge in [0.05, 0.1) is 12.2 Å². The first-order chi connectivity index (χ1) is 7.83. The summed E-state index contributed by atoms with van der Waals surface area (Å²) in [6, 6.07) is 0. The van der Waals surface area contributed by atoms with Crippen molar-refractivity contribution in [3.05, 3.63) is 11.4 Å². The van der Waals surface area contributed by atoms with Crippen LogP contribution in [0.15, 0.2) is 0 Å². The molecule has 0 amide bonds. The fraction of sp³-hybridized carbons (Fsp3) is 0.667. The first-order valence-corrected chi connectivity index (χ1v) is 5.78. The molecule has 0 radical (unpaired) electrons. The highest BCUT2D eigenvalue weighted by atomic mass is 16.5. The van der Waals surface area contributed by atoms with Crippen LogP contribution in [0.4, 0.5) is 5.82 Å². The van der Waals surface area contributed by atoms with E-state index in [-0.39, 0.29) is 5.41 Å². The van der Waals surface area contributed by atoms with Crippen LogP contribution < -0.4 is 16.0 Å². The van der Waals surface area contributed by atoms with Crippen LogP contribution in [0, 0.1) is 19.3 Å². The van der Waals surface area contributed by atoms with E-state index in [1.807, 2.05) is 13.8 Å². The smallest absolute Gasteiger partial charge is 0.221 e. The Morgan fingerprint density at radius 1 is 1.24 bits per heavy atom. The van der Waals surface area contributed by atoms with Gasteiger partial charge in [0.1, 0.15) is 11.6 Å². The zero-order chi connectivity index (χ0) is 13.1. The predicted octanol–water partition coefficient (Wildman–Crippen LogP) is 2.19. The number of hydrogen-bond donors (Lipinski definition) is 2. The Bertz CT molecular complexity index is 385. The Kier molecular flexibility index (Phi) is 4.28. The molecule has 1 aromatic heterocycles. The number of nitrogen functional groups attached to an aromatic ring is 1. The molecule has 5 heteroatoms. The van der Waals surface area contributed by atoms with Gasteiger partial charge in [0.15, 0.2) is 0 Å². The molecule has 0 saturated heterocycles. The molecule has 0 atom stereocenters. The van der Waals surface area contributed by atoms with Gasteiger partial charge >= 0.3 is 0 Å². The highest BCUT2D eigenvalue weighted by molar-refractivity contribution is 5.47. The van der Waals surface area contributed by atoms with Gasteiger partial charge in [0.25, 0.3) is 0 Å². The molecule has 0 aliphatic rings. The van der Waals surface area contributed by atoms with Crippen molar-refractivity contribution < 1.29 is 4.74 Å². The van der Waals surface area contributed by atoms with Crippen LogP contribution in [0.3, 0.4) is 0 Å². The molecular formula is C12H22N4O. The lowest BCUT2D eigenvalue weighted by Gasteiger charge is -2.18. The molecule has 0 saturated carbocycles. The number of anilines is 1. The fourth-order valence-corrected chi connectivity index (χ4v) is 1.34. The second kappa shape index (κ2) is 5.31. The Morgan fingerprint density at radius 3 is 2.41 bits per heavy atom. The zero-order valence-corrected chi connectivity index (χ0v) is 11.3. The van der Waals surface area contributed by atoms with Crippen molar-refractivity contribution in [2.75, 3.05) is 12.0 Å². The molecule has 0 aromatic carbocycles. The highest BCUT2D eigenvalue weighted by Crippen LogP contribution is 2.23. The van der Waals surface area contributed by atoms with E-state index in [0.29, 0.717) is 24.1 Å². The average molecular weight is 238 g/mol. The minimum Gasteiger partial charge on any atom is -0.477 e. The van der Waals surface area contributed by atoms with Gasteiger partial charge in [-0.05, 0) is 25.7 Å². The molecule has 0 unspecified atom stereocenters. The lowest BCUT2D eigenvalue weighted by molar-refractivity contribution is 0.234. The second-order valence-corrected chi connectivity index (χ2v) is 5.35. The maximum Gasteiger partial charge on any atom is 0.221 e. The van der Waals surface area contributed by atoms with E-state index in [1.54, 1.807) is 0 Å². The SMILES string of the molecule is Cc1nc(NN)c(C)c(OCCC(C)(C)C)n1. The second-order valence-electron chi connectivity index (χ2n) is 5.35. The summed E-state index contributed by atoms with van der Waals surface area (Å²) in [7, 11) is 0. The molecule has 0 bridgehead atoms. The summed E-state index contributed by atoms with van der Waals surface area (Å²) in [5, 5.41) is 0. The van der Waals surface area contributed by atoms with E-state index >= 15 is 0 Å². The molecule has 1 heterocycles. The summed E-state index contributed by atoms with van der Waals surface area (Å²) in [5.74, 6) is 7.26. The molecular weight excluding hydrogens is 216 g/mol. The fourth-order valence-electron chi connectivity index (χ4n) is 1.34. The quantitative estimate of drug-likeness (QED) is 0.621. The average Bonchev–Trinajstić information content (AvgIpc) is 2.20. The summed E-state index contributed by atoms with van der Waals surface area (Å²) >= 11 is 0. The number of rotatable bonds is 4. The first kappa shape index (κ1) is 13.7. The molecule has 1 rings (SSSR count). The van der Waals surface area contributed by atoms with Crippen molar-refractivity contribution in [1.29, 1.82) is 0 Å². The third kappa shape index (κ3) is 4.19. The van der Waals surface area contributed by atoms with Gasteiger partial charge in [0.2, 0.25) is 5.88 Å². The standard InChI is InChI=1S/C12H22N4O/c1-8-10(16-13)14-9(2)15-11(8)17-7-6-12(3,4)5/h6-7,13H2,1-5H3,(H,14,15,16). The minimum absolute atomic E-state index is 0.255. The van der Waals surface area contributed by atoms with Gasteiger partial charge in [-0.25, -0.2) is 10.8 Å². The number of aromatic nitrogens is 2. The molecule has 1 aromatic rings. The van der Waals surface area contributed by atoms with Crippen LogP contribution >= 0.6 is 0 Å². The number of nitrogens with two attached hydrogens (primary N) is 1. The lowest BCUT2D eigenvalue weighted by Crippen LogP contribution is -2.15. The van der Waals surface area contributed by atoms with Crippen LogP contribution in [0.2, 0.25) is 0 Å². The summed E-state index contributed by atoms with van der Waals surface area (Å²) in [4.78, 5) is 8.45. The Balaban J connectivity index is 2.74. The molecule has 3 N–H and O–H groups in total. The Labute approximate surface area is 103 Å². The van der Waals surface area contributed by atoms with Gasteiger partial charge in [-0.15, -0.1) is 0 Å². The largest absolute Gasteiger partial charge is 0.477 e. The van der Waals surface area contributed by atoms with Crippen LogP contribution in [0.1, 0.15) is 38.6 Å². The van der Waals surface area contributed by atoms with Crippen molar-refractivity contribution in [3.8, 4) is 5.88 Å². The maximum atomic E-state index is 5.69. The van der Waals surface area contributed by atoms with E-state index in [0.717, 1.165) is 12.0 Å². The molecule has 0 fully saturated rings. The van der Waals surface area contributed by atoms with Crippen LogP contribution in [0.5, 0.6) is 5.88 Å². The lowest BCUT2D eigenvalue weighted by atomic mass is 9.93. The molecule has 96 valence electrons. The van der Waals surface area contributed by atoms with E-state index in [1.165, 1.54) is 0 Å². The Hall–Kier alpha value is -1.36. The van der Waals surface area contributed by atoms with Crippen LogP contribution in [-0.4, -0.2) is 16.6 Å². The number of hydrazine groups is 1. The van der Waals surface area contributed by atoms with E-state index in [9.17, 15) is 0 Å².